The van der Waals surface area contributed by atoms with E-state index in [1.165, 1.54) is 0 Å². The molecule has 1 saturated carbocycles. The molecule has 4 heteroatoms. The number of amides is 1. The van der Waals surface area contributed by atoms with Crippen LogP contribution >= 0.6 is 0 Å². The van der Waals surface area contributed by atoms with Crippen LogP contribution in [0.1, 0.15) is 52.4 Å². The van der Waals surface area contributed by atoms with Gasteiger partial charge < -0.3 is 10.4 Å². The van der Waals surface area contributed by atoms with Gasteiger partial charge in [0.1, 0.15) is 6.04 Å². The van der Waals surface area contributed by atoms with Gasteiger partial charge in [-0.3, -0.25) is 4.79 Å². The van der Waals surface area contributed by atoms with Gasteiger partial charge in [0.05, 0.1) is 0 Å². The Bertz CT molecular complexity index is 269. The summed E-state index contributed by atoms with van der Waals surface area (Å²) in [6, 6.07) is -0.739. The van der Waals surface area contributed by atoms with Crippen molar-refractivity contribution in [1.29, 1.82) is 0 Å². The fourth-order valence-electron chi connectivity index (χ4n) is 2.44. The summed E-state index contributed by atoms with van der Waals surface area (Å²) >= 11 is 0. The summed E-state index contributed by atoms with van der Waals surface area (Å²) in [5, 5.41) is 11.6. The van der Waals surface area contributed by atoms with Crippen LogP contribution in [-0.4, -0.2) is 23.0 Å². The maximum absolute atomic E-state index is 12.1. The highest BCUT2D eigenvalue weighted by Crippen LogP contribution is 2.41. The van der Waals surface area contributed by atoms with Gasteiger partial charge in [-0.2, -0.15) is 0 Å². The van der Waals surface area contributed by atoms with Gasteiger partial charge in [-0.1, -0.05) is 26.7 Å². The zero-order chi connectivity index (χ0) is 12.2. The lowest BCUT2D eigenvalue weighted by Gasteiger charge is -2.27. The number of carboxylic acids is 1. The molecule has 0 bridgehead atoms. The number of hydrogen-bond donors (Lipinski definition) is 2. The third-order valence-electron chi connectivity index (χ3n) is 3.73. The van der Waals surface area contributed by atoms with Gasteiger partial charge in [-0.15, -0.1) is 0 Å². The van der Waals surface area contributed by atoms with Crippen LogP contribution in [0.2, 0.25) is 0 Å². The molecule has 0 saturated heterocycles. The van der Waals surface area contributed by atoms with Crippen molar-refractivity contribution in [2.45, 2.75) is 58.4 Å². The van der Waals surface area contributed by atoms with Crippen LogP contribution in [0.5, 0.6) is 0 Å². The molecule has 0 aromatic rings. The van der Waals surface area contributed by atoms with Gasteiger partial charge in [0.25, 0.3) is 0 Å². The molecule has 0 unspecified atom stereocenters. The fourth-order valence-corrected chi connectivity index (χ4v) is 2.44. The normalized spacial score (nSPS) is 20.4. The van der Waals surface area contributed by atoms with Crippen molar-refractivity contribution >= 4 is 11.9 Å². The van der Waals surface area contributed by atoms with E-state index >= 15 is 0 Å². The molecule has 2 N–H and O–H groups in total. The van der Waals surface area contributed by atoms with E-state index in [-0.39, 0.29) is 11.3 Å². The lowest BCUT2D eigenvalue weighted by molar-refractivity contribution is -0.144. The summed E-state index contributed by atoms with van der Waals surface area (Å²) in [5.41, 5.74) is -0.303. The monoisotopic (exact) mass is 227 g/mol. The van der Waals surface area contributed by atoms with Gasteiger partial charge in [0.15, 0.2) is 0 Å². The van der Waals surface area contributed by atoms with Crippen molar-refractivity contribution in [2.75, 3.05) is 0 Å². The highest BCUT2D eigenvalue weighted by molar-refractivity contribution is 5.87. The minimum atomic E-state index is -0.944. The van der Waals surface area contributed by atoms with E-state index in [4.69, 9.17) is 5.11 Å². The number of carbonyl (C=O) groups excluding carboxylic acids is 1. The maximum Gasteiger partial charge on any atom is 0.326 e. The first-order chi connectivity index (χ1) is 7.55. The Morgan fingerprint density at radius 2 is 1.88 bits per heavy atom. The smallest absolute Gasteiger partial charge is 0.326 e. The number of aliphatic carboxylic acids is 1. The molecule has 1 amide bonds. The molecule has 1 atom stereocenters. The van der Waals surface area contributed by atoms with Gasteiger partial charge in [0.2, 0.25) is 5.91 Å². The zero-order valence-corrected chi connectivity index (χ0v) is 10.1. The first-order valence-corrected chi connectivity index (χ1v) is 6.09. The largest absolute Gasteiger partial charge is 0.480 e. The third-order valence-corrected chi connectivity index (χ3v) is 3.73. The van der Waals surface area contributed by atoms with Crippen LogP contribution in [0.15, 0.2) is 0 Å². The summed E-state index contributed by atoms with van der Waals surface area (Å²) < 4.78 is 0. The average molecular weight is 227 g/mol. The minimum Gasteiger partial charge on any atom is -0.480 e. The van der Waals surface area contributed by atoms with Crippen molar-refractivity contribution in [3.8, 4) is 0 Å². The standard InChI is InChI=1S/C12H21NO3/c1-3-9(10(14)15)13-11(16)12(4-2)7-5-6-8-12/h9H,3-8H2,1-2H3,(H,13,16)(H,14,15)/t9-/m0/s1. The predicted octanol–water partition coefficient (Wildman–Crippen LogP) is 1.94. The molecular formula is C12H21NO3. The molecule has 4 nitrogen and oxygen atoms in total. The number of nitrogens with one attached hydrogen (secondary N) is 1. The van der Waals surface area contributed by atoms with Crippen LogP contribution in [0.3, 0.4) is 0 Å². The molecule has 0 heterocycles. The molecular weight excluding hydrogens is 206 g/mol. The molecule has 92 valence electrons. The number of hydrogen-bond acceptors (Lipinski definition) is 2. The van der Waals surface area contributed by atoms with Gasteiger partial charge in [-0.05, 0) is 25.7 Å². The van der Waals surface area contributed by atoms with Gasteiger partial charge in [-0.25, -0.2) is 4.79 Å². The van der Waals surface area contributed by atoms with Gasteiger partial charge >= 0.3 is 5.97 Å². The molecule has 16 heavy (non-hydrogen) atoms. The Kier molecular flexibility index (Phi) is 4.33. The van der Waals surface area contributed by atoms with E-state index in [2.05, 4.69) is 5.32 Å². The topological polar surface area (TPSA) is 66.4 Å². The Balaban J connectivity index is 2.65. The van der Waals surface area contributed by atoms with Crippen molar-refractivity contribution in [1.82, 2.24) is 5.32 Å². The Hall–Kier alpha value is -1.06. The third kappa shape index (κ3) is 2.54. The first kappa shape index (κ1) is 13.0. The fraction of sp³-hybridized carbons (Fsp3) is 0.833. The Labute approximate surface area is 96.4 Å². The minimum absolute atomic E-state index is 0.0678. The summed E-state index contributed by atoms with van der Waals surface area (Å²) in [7, 11) is 0. The summed E-state index contributed by atoms with van der Waals surface area (Å²) in [6.45, 7) is 3.78. The number of rotatable bonds is 5. The second-order valence-electron chi connectivity index (χ2n) is 4.61. The van der Waals surface area contributed by atoms with Crippen LogP contribution in [0.25, 0.3) is 0 Å². The Morgan fingerprint density at radius 1 is 1.31 bits per heavy atom. The van der Waals surface area contributed by atoms with E-state index in [1.807, 2.05) is 6.92 Å². The van der Waals surface area contributed by atoms with Crippen LogP contribution in [-0.2, 0) is 9.59 Å². The maximum atomic E-state index is 12.1. The second-order valence-corrected chi connectivity index (χ2v) is 4.61. The highest BCUT2D eigenvalue weighted by atomic mass is 16.4. The van der Waals surface area contributed by atoms with E-state index in [0.717, 1.165) is 32.1 Å². The summed E-state index contributed by atoms with van der Waals surface area (Å²) in [4.78, 5) is 23.0. The van der Waals surface area contributed by atoms with Crippen LogP contribution in [0.4, 0.5) is 0 Å². The SMILES string of the molecule is CC[C@H](NC(=O)C1(CC)CCCC1)C(=O)O. The average Bonchev–Trinajstić information content (AvgIpc) is 2.74. The van der Waals surface area contributed by atoms with Crippen molar-refractivity contribution in [2.24, 2.45) is 5.41 Å². The van der Waals surface area contributed by atoms with E-state index < -0.39 is 12.0 Å². The molecule has 0 aliphatic heterocycles. The Morgan fingerprint density at radius 3 is 2.25 bits per heavy atom. The molecule has 1 aliphatic rings. The quantitative estimate of drug-likeness (QED) is 0.754. The van der Waals surface area contributed by atoms with Crippen molar-refractivity contribution < 1.29 is 14.7 Å². The summed E-state index contributed by atoms with van der Waals surface area (Å²) in [5.74, 6) is -1.01. The predicted molar refractivity (Wildman–Crippen MR) is 61.0 cm³/mol. The molecule has 1 fully saturated rings. The second kappa shape index (κ2) is 5.32. The molecule has 0 aromatic heterocycles. The number of carbonyl (C=O) groups is 2. The molecule has 0 aromatic carbocycles. The van der Waals surface area contributed by atoms with Gasteiger partial charge in [0, 0.05) is 5.41 Å². The lowest BCUT2D eigenvalue weighted by atomic mass is 9.82. The number of carboxylic acid groups (broad SMARTS) is 1. The molecule has 0 radical (unpaired) electrons. The molecule has 1 aliphatic carbocycles. The van der Waals surface area contributed by atoms with Crippen molar-refractivity contribution in [3.05, 3.63) is 0 Å². The van der Waals surface area contributed by atoms with E-state index in [0.29, 0.717) is 6.42 Å². The van der Waals surface area contributed by atoms with E-state index in [1.54, 1.807) is 6.92 Å². The van der Waals surface area contributed by atoms with Crippen molar-refractivity contribution in [3.63, 3.8) is 0 Å². The first-order valence-electron chi connectivity index (χ1n) is 6.09. The summed E-state index contributed by atoms with van der Waals surface area (Å²) in [6.07, 6.45) is 5.17. The van der Waals surface area contributed by atoms with Crippen LogP contribution in [0, 0.1) is 5.41 Å². The molecule has 1 rings (SSSR count). The van der Waals surface area contributed by atoms with Crippen LogP contribution < -0.4 is 5.32 Å². The lowest BCUT2D eigenvalue weighted by Crippen LogP contribution is -2.47. The van der Waals surface area contributed by atoms with E-state index in [9.17, 15) is 9.59 Å². The highest BCUT2D eigenvalue weighted by Gasteiger charge is 2.40. The molecule has 0 spiro atoms. The zero-order valence-electron chi connectivity index (χ0n) is 10.1.